The predicted octanol–water partition coefficient (Wildman–Crippen LogP) is 2.17. The van der Waals surface area contributed by atoms with Gasteiger partial charge in [0.15, 0.2) is 0 Å². The van der Waals surface area contributed by atoms with E-state index >= 15 is 0 Å². The van der Waals surface area contributed by atoms with Crippen LogP contribution in [0.15, 0.2) is 30.3 Å². The first-order valence-corrected chi connectivity index (χ1v) is 6.86. The fourth-order valence-electron chi connectivity index (χ4n) is 2.38. The second-order valence-electron chi connectivity index (χ2n) is 4.83. The number of aliphatic hydroxyl groups excluding tert-OH is 1. The molecule has 0 heterocycles. The van der Waals surface area contributed by atoms with Crippen molar-refractivity contribution in [2.75, 3.05) is 19.7 Å². The van der Waals surface area contributed by atoms with Crippen LogP contribution in [0.1, 0.15) is 38.3 Å². The van der Waals surface area contributed by atoms with Gasteiger partial charge in [-0.25, -0.2) is 0 Å². The van der Waals surface area contributed by atoms with Crippen LogP contribution in [-0.4, -0.2) is 35.7 Å². The first kappa shape index (κ1) is 15.2. The summed E-state index contributed by atoms with van der Waals surface area (Å²) in [6.07, 6.45) is 2.29. The lowest BCUT2D eigenvalue weighted by Gasteiger charge is -2.34. The summed E-state index contributed by atoms with van der Waals surface area (Å²) in [5.74, 6) is 0. The van der Waals surface area contributed by atoms with E-state index < -0.39 is 0 Å². The summed E-state index contributed by atoms with van der Waals surface area (Å²) in [4.78, 5) is 2.30. The minimum atomic E-state index is 0.0517. The third-order valence-electron chi connectivity index (χ3n) is 3.22. The zero-order valence-electron chi connectivity index (χ0n) is 11.5. The fourth-order valence-corrected chi connectivity index (χ4v) is 2.38. The lowest BCUT2D eigenvalue weighted by atomic mass is 9.99. The minimum Gasteiger partial charge on any atom is -0.395 e. The molecular weight excluding hydrogens is 224 g/mol. The SMILES string of the molecule is CCCCN(CCO)C(c1ccccc1)C(C)N. The Morgan fingerprint density at radius 2 is 1.89 bits per heavy atom. The molecule has 1 rings (SSSR count). The maximum Gasteiger partial charge on any atom is 0.0558 e. The van der Waals surface area contributed by atoms with E-state index in [4.69, 9.17) is 5.73 Å². The van der Waals surface area contributed by atoms with Crippen LogP contribution in [0.2, 0.25) is 0 Å². The Labute approximate surface area is 111 Å². The summed E-state index contributed by atoms with van der Waals surface area (Å²) in [6.45, 7) is 6.06. The molecule has 0 spiro atoms. The highest BCUT2D eigenvalue weighted by atomic mass is 16.3. The second kappa shape index (κ2) is 8.25. The molecule has 3 nitrogen and oxygen atoms in total. The van der Waals surface area contributed by atoms with Crippen LogP contribution >= 0.6 is 0 Å². The molecule has 2 atom stereocenters. The van der Waals surface area contributed by atoms with Gasteiger partial charge in [0.25, 0.3) is 0 Å². The largest absolute Gasteiger partial charge is 0.395 e. The first-order chi connectivity index (χ1) is 8.70. The van der Waals surface area contributed by atoms with E-state index in [1.54, 1.807) is 0 Å². The van der Waals surface area contributed by atoms with E-state index in [2.05, 4.69) is 24.0 Å². The number of benzene rings is 1. The zero-order valence-corrected chi connectivity index (χ0v) is 11.5. The predicted molar refractivity (Wildman–Crippen MR) is 76.4 cm³/mol. The zero-order chi connectivity index (χ0) is 13.4. The van der Waals surface area contributed by atoms with Gasteiger partial charge >= 0.3 is 0 Å². The Kier molecular flexibility index (Phi) is 6.94. The molecule has 102 valence electrons. The van der Waals surface area contributed by atoms with Crippen molar-refractivity contribution in [3.05, 3.63) is 35.9 Å². The number of unbranched alkanes of at least 4 members (excludes halogenated alkanes) is 1. The van der Waals surface area contributed by atoms with Gasteiger partial charge in [-0.1, -0.05) is 43.7 Å². The van der Waals surface area contributed by atoms with Crippen LogP contribution in [0.25, 0.3) is 0 Å². The van der Waals surface area contributed by atoms with Crippen molar-refractivity contribution in [3.8, 4) is 0 Å². The summed E-state index contributed by atoms with van der Waals surface area (Å²) in [7, 11) is 0. The molecule has 18 heavy (non-hydrogen) atoms. The van der Waals surface area contributed by atoms with Crippen LogP contribution in [-0.2, 0) is 0 Å². The van der Waals surface area contributed by atoms with Gasteiger partial charge < -0.3 is 10.8 Å². The number of aliphatic hydroxyl groups is 1. The Morgan fingerprint density at radius 1 is 1.22 bits per heavy atom. The highest BCUT2D eigenvalue weighted by Crippen LogP contribution is 2.23. The molecule has 0 aromatic heterocycles. The molecular formula is C15H26N2O. The lowest BCUT2D eigenvalue weighted by Crippen LogP contribution is -2.41. The van der Waals surface area contributed by atoms with Crippen LogP contribution in [0.3, 0.4) is 0 Å². The van der Waals surface area contributed by atoms with Gasteiger partial charge in [-0.3, -0.25) is 4.90 Å². The Balaban J connectivity index is 2.86. The van der Waals surface area contributed by atoms with Crippen LogP contribution in [0.4, 0.5) is 0 Å². The molecule has 0 aliphatic heterocycles. The Bertz CT molecular complexity index is 314. The molecule has 2 unspecified atom stereocenters. The molecule has 3 heteroatoms. The van der Waals surface area contributed by atoms with Crippen molar-refractivity contribution in [1.29, 1.82) is 0 Å². The highest BCUT2D eigenvalue weighted by molar-refractivity contribution is 5.20. The molecule has 0 aliphatic carbocycles. The van der Waals surface area contributed by atoms with Crippen molar-refractivity contribution in [3.63, 3.8) is 0 Å². The van der Waals surface area contributed by atoms with Crippen molar-refractivity contribution >= 4 is 0 Å². The van der Waals surface area contributed by atoms with Gasteiger partial charge in [-0.2, -0.15) is 0 Å². The molecule has 1 aromatic carbocycles. The maximum absolute atomic E-state index is 9.23. The van der Waals surface area contributed by atoms with E-state index in [1.807, 2.05) is 25.1 Å². The maximum atomic E-state index is 9.23. The quantitative estimate of drug-likeness (QED) is 0.743. The average molecular weight is 250 g/mol. The monoisotopic (exact) mass is 250 g/mol. The molecule has 0 aliphatic rings. The Hall–Kier alpha value is -0.900. The molecule has 0 saturated heterocycles. The number of rotatable bonds is 8. The van der Waals surface area contributed by atoms with Crippen molar-refractivity contribution in [2.24, 2.45) is 5.73 Å². The van der Waals surface area contributed by atoms with E-state index in [-0.39, 0.29) is 18.7 Å². The summed E-state index contributed by atoms with van der Waals surface area (Å²) in [5, 5.41) is 9.23. The number of nitrogens with zero attached hydrogens (tertiary/aromatic N) is 1. The third-order valence-corrected chi connectivity index (χ3v) is 3.22. The van der Waals surface area contributed by atoms with Crippen LogP contribution in [0, 0.1) is 0 Å². The van der Waals surface area contributed by atoms with Gasteiger partial charge in [-0.05, 0) is 25.5 Å². The molecule has 1 aromatic rings. The van der Waals surface area contributed by atoms with Gasteiger partial charge in [0.2, 0.25) is 0 Å². The smallest absolute Gasteiger partial charge is 0.0558 e. The number of hydrogen-bond donors (Lipinski definition) is 2. The van der Waals surface area contributed by atoms with E-state index in [1.165, 1.54) is 5.56 Å². The summed E-state index contributed by atoms with van der Waals surface area (Å²) >= 11 is 0. The van der Waals surface area contributed by atoms with E-state index in [9.17, 15) is 5.11 Å². The highest BCUT2D eigenvalue weighted by Gasteiger charge is 2.22. The van der Waals surface area contributed by atoms with Gasteiger partial charge in [0.1, 0.15) is 0 Å². The molecule has 0 fully saturated rings. The van der Waals surface area contributed by atoms with E-state index in [0.717, 1.165) is 19.4 Å². The average Bonchev–Trinajstić information content (AvgIpc) is 2.37. The molecule has 0 saturated carbocycles. The van der Waals surface area contributed by atoms with Gasteiger partial charge in [-0.15, -0.1) is 0 Å². The van der Waals surface area contributed by atoms with Gasteiger partial charge in [0.05, 0.1) is 6.61 Å². The van der Waals surface area contributed by atoms with Crippen molar-refractivity contribution < 1.29 is 5.11 Å². The molecule has 0 amide bonds. The second-order valence-corrected chi connectivity index (χ2v) is 4.83. The van der Waals surface area contributed by atoms with Gasteiger partial charge in [0, 0.05) is 18.6 Å². The topological polar surface area (TPSA) is 49.5 Å². The first-order valence-electron chi connectivity index (χ1n) is 6.86. The number of hydrogen-bond acceptors (Lipinski definition) is 3. The summed E-state index contributed by atoms with van der Waals surface area (Å²) in [6, 6.07) is 10.6. The molecule has 0 radical (unpaired) electrons. The Morgan fingerprint density at radius 3 is 2.39 bits per heavy atom. The van der Waals surface area contributed by atoms with Crippen molar-refractivity contribution in [1.82, 2.24) is 4.90 Å². The minimum absolute atomic E-state index is 0.0517. The van der Waals surface area contributed by atoms with E-state index in [0.29, 0.717) is 6.54 Å². The normalized spacial score (nSPS) is 14.7. The third kappa shape index (κ3) is 4.41. The van der Waals surface area contributed by atoms with Crippen LogP contribution < -0.4 is 5.73 Å². The lowest BCUT2D eigenvalue weighted by molar-refractivity contribution is 0.135. The fraction of sp³-hybridized carbons (Fsp3) is 0.600. The molecule has 0 bridgehead atoms. The summed E-state index contributed by atoms with van der Waals surface area (Å²) in [5.41, 5.74) is 7.38. The van der Waals surface area contributed by atoms with Crippen LogP contribution in [0.5, 0.6) is 0 Å². The molecule has 3 N–H and O–H groups in total. The van der Waals surface area contributed by atoms with Crippen molar-refractivity contribution in [2.45, 2.75) is 38.8 Å². The number of nitrogens with two attached hydrogens (primary N) is 1. The summed E-state index contributed by atoms with van der Waals surface area (Å²) < 4.78 is 0. The standard InChI is InChI=1S/C15H26N2O/c1-3-4-10-17(11-12-18)15(13(2)16)14-8-6-5-7-9-14/h5-9,13,15,18H,3-4,10-12,16H2,1-2H3.